The van der Waals surface area contributed by atoms with E-state index in [0.717, 1.165) is 23.7 Å². The van der Waals surface area contributed by atoms with Gasteiger partial charge in [-0.2, -0.15) is 0 Å². The molecule has 2 saturated heterocycles. The third kappa shape index (κ3) is 4.45. The summed E-state index contributed by atoms with van der Waals surface area (Å²) in [6, 6.07) is 7.60. The van der Waals surface area contributed by atoms with Gasteiger partial charge in [0.2, 0.25) is 17.7 Å². The average molecular weight is 402 g/mol. The van der Waals surface area contributed by atoms with Gasteiger partial charge in [0, 0.05) is 30.9 Å². The highest BCUT2D eigenvalue weighted by Gasteiger charge is 2.50. The Balaban J connectivity index is 1.60. The van der Waals surface area contributed by atoms with Crippen LogP contribution in [0.3, 0.4) is 0 Å². The summed E-state index contributed by atoms with van der Waals surface area (Å²) in [5.74, 6) is -0.892. The number of hydrogen-bond acceptors (Lipinski definition) is 5. The van der Waals surface area contributed by atoms with Crippen LogP contribution < -0.4 is 10.2 Å². The summed E-state index contributed by atoms with van der Waals surface area (Å²) in [5.41, 5.74) is 0.979. The molecule has 3 amide bonds. The highest BCUT2D eigenvalue weighted by molar-refractivity contribution is 6.09. The van der Waals surface area contributed by atoms with Crippen molar-refractivity contribution >= 4 is 29.1 Å². The van der Waals surface area contributed by atoms with Gasteiger partial charge in [0.15, 0.2) is 0 Å². The van der Waals surface area contributed by atoms with Crippen LogP contribution >= 0.6 is 0 Å². The number of carbonyl (C=O) groups excluding carboxylic acids is 3. The first-order chi connectivity index (χ1) is 13.6. The van der Waals surface area contributed by atoms with Gasteiger partial charge in [-0.3, -0.25) is 19.3 Å². The minimum atomic E-state index is -0.731. The quantitative estimate of drug-likeness (QED) is 0.768. The predicted molar refractivity (Wildman–Crippen MR) is 112 cm³/mol. The third-order valence-electron chi connectivity index (χ3n) is 6.07. The molecule has 0 bridgehead atoms. The zero-order valence-electron chi connectivity index (χ0n) is 17.9. The van der Waals surface area contributed by atoms with E-state index in [-0.39, 0.29) is 48.8 Å². The van der Waals surface area contributed by atoms with Crippen molar-refractivity contribution in [1.29, 1.82) is 0 Å². The lowest BCUT2D eigenvalue weighted by Crippen LogP contribution is -2.45. The molecule has 0 saturated carbocycles. The number of hydrogen-bond donors (Lipinski definition) is 1. The molecular weight excluding hydrogens is 370 g/mol. The monoisotopic (exact) mass is 401 g/mol. The topological polar surface area (TPSA) is 79.0 Å². The van der Waals surface area contributed by atoms with Gasteiger partial charge in [-0.05, 0) is 51.0 Å². The fraction of sp³-hybridized carbons (Fsp3) is 0.591. The largest absolute Gasteiger partial charge is 0.372 e. The molecule has 1 aromatic carbocycles. The lowest BCUT2D eigenvalue weighted by atomic mass is 9.78. The van der Waals surface area contributed by atoms with Crippen LogP contribution in [0, 0.1) is 11.3 Å². The molecule has 0 radical (unpaired) electrons. The minimum Gasteiger partial charge on any atom is -0.372 e. The summed E-state index contributed by atoms with van der Waals surface area (Å²) in [7, 11) is 0. The molecule has 2 heterocycles. The van der Waals surface area contributed by atoms with E-state index in [4.69, 9.17) is 4.74 Å². The maximum atomic E-state index is 12.6. The van der Waals surface area contributed by atoms with Crippen molar-refractivity contribution in [3.8, 4) is 0 Å². The SMILES string of the molecule is CC(C)[C@]1(C)CC(=O)N(CC(=O)Nc2ccc(N3C[C@@H](C)O[C@H](C)C3)cc2)C1=O. The molecule has 29 heavy (non-hydrogen) atoms. The number of carbonyl (C=O) groups is 3. The Morgan fingerprint density at radius 2 is 1.76 bits per heavy atom. The van der Waals surface area contributed by atoms with Gasteiger partial charge in [0.25, 0.3) is 0 Å². The predicted octanol–water partition coefficient (Wildman–Crippen LogP) is 2.66. The first-order valence-electron chi connectivity index (χ1n) is 10.2. The van der Waals surface area contributed by atoms with Crippen LogP contribution in [-0.2, 0) is 19.1 Å². The molecule has 0 aliphatic carbocycles. The van der Waals surface area contributed by atoms with Crippen molar-refractivity contribution in [1.82, 2.24) is 4.90 Å². The van der Waals surface area contributed by atoms with Crippen LogP contribution in [0.4, 0.5) is 11.4 Å². The Hall–Kier alpha value is -2.41. The number of morpholine rings is 1. The van der Waals surface area contributed by atoms with Crippen molar-refractivity contribution < 1.29 is 19.1 Å². The normalized spacial score (nSPS) is 27.7. The molecule has 1 N–H and O–H groups in total. The van der Waals surface area contributed by atoms with Gasteiger partial charge in [-0.1, -0.05) is 13.8 Å². The number of benzene rings is 1. The number of rotatable bonds is 5. The van der Waals surface area contributed by atoms with Crippen molar-refractivity contribution in [2.24, 2.45) is 11.3 Å². The number of amides is 3. The fourth-order valence-corrected chi connectivity index (χ4v) is 4.01. The Labute approximate surface area is 172 Å². The molecule has 1 aromatic rings. The van der Waals surface area contributed by atoms with Crippen LogP contribution in [0.15, 0.2) is 24.3 Å². The van der Waals surface area contributed by atoms with Crippen LogP contribution in [0.1, 0.15) is 41.0 Å². The van der Waals surface area contributed by atoms with E-state index < -0.39 is 5.41 Å². The lowest BCUT2D eigenvalue weighted by Gasteiger charge is -2.36. The molecule has 7 nitrogen and oxygen atoms in total. The molecule has 0 spiro atoms. The van der Waals surface area contributed by atoms with Gasteiger partial charge in [-0.25, -0.2) is 0 Å². The van der Waals surface area contributed by atoms with Crippen molar-refractivity contribution in [2.45, 2.75) is 53.2 Å². The summed E-state index contributed by atoms with van der Waals surface area (Å²) >= 11 is 0. The van der Waals surface area contributed by atoms with Crippen molar-refractivity contribution in [3.05, 3.63) is 24.3 Å². The fourth-order valence-electron chi connectivity index (χ4n) is 4.01. The highest BCUT2D eigenvalue weighted by atomic mass is 16.5. The second-order valence-corrected chi connectivity index (χ2v) is 8.79. The van der Waals surface area contributed by atoms with Crippen molar-refractivity contribution in [3.63, 3.8) is 0 Å². The number of anilines is 2. The van der Waals surface area contributed by atoms with Crippen LogP contribution in [0.5, 0.6) is 0 Å². The summed E-state index contributed by atoms with van der Waals surface area (Å²) in [4.78, 5) is 40.7. The number of nitrogens with zero attached hydrogens (tertiary/aromatic N) is 2. The zero-order chi connectivity index (χ0) is 21.3. The first kappa shape index (κ1) is 21.3. The Morgan fingerprint density at radius 1 is 1.17 bits per heavy atom. The van der Waals surface area contributed by atoms with Gasteiger partial charge in [0.1, 0.15) is 6.54 Å². The van der Waals surface area contributed by atoms with Gasteiger partial charge in [0.05, 0.1) is 17.6 Å². The summed E-state index contributed by atoms with van der Waals surface area (Å²) in [6.07, 6.45) is 0.498. The number of nitrogens with one attached hydrogen (secondary N) is 1. The Bertz CT molecular complexity index is 782. The van der Waals surface area contributed by atoms with E-state index in [2.05, 4.69) is 24.1 Å². The second-order valence-electron chi connectivity index (χ2n) is 8.79. The zero-order valence-corrected chi connectivity index (χ0v) is 17.9. The van der Waals surface area contributed by atoms with Crippen LogP contribution in [-0.4, -0.2) is 54.5 Å². The van der Waals surface area contributed by atoms with Gasteiger partial charge >= 0.3 is 0 Å². The van der Waals surface area contributed by atoms with E-state index in [1.807, 2.05) is 38.1 Å². The summed E-state index contributed by atoms with van der Waals surface area (Å²) in [5, 5.41) is 2.79. The van der Waals surface area contributed by atoms with Crippen LogP contribution in [0.25, 0.3) is 0 Å². The molecule has 3 rings (SSSR count). The number of likely N-dealkylation sites (tertiary alicyclic amines) is 1. The minimum absolute atomic E-state index is 0.0326. The molecule has 0 aromatic heterocycles. The molecule has 2 aliphatic heterocycles. The van der Waals surface area contributed by atoms with Gasteiger partial charge in [-0.15, -0.1) is 0 Å². The number of imide groups is 1. The maximum absolute atomic E-state index is 12.6. The van der Waals surface area contributed by atoms with Crippen LogP contribution in [0.2, 0.25) is 0 Å². The van der Waals surface area contributed by atoms with E-state index in [1.54, 1.807) is 6.92 Å². The van der Waals surface area contributed by atoms with Gasteiger partial charge < -0.3 is 15.0 Å². The van der Waals surface area contributed by atoms with E-state index in [1.165, 1.54) is 0 Å². The Morgan fingerprint density at radius 3 is 2.28 bits per heavy atom. The summed E-state index contributed by atoms with van der Waals surface area (Å²) in [6.45, 7) is 11.2. The number of ether oxygens (including phenoxy) is 1. The lowest BCUT2D eigenvalue weighted by molar-refractivity contribution is -0.144. The maximum Gasteiger partial charge on any atom is 0.244 e. The smallest absolute Gasteiger partial charge is 0.244 e. The van der Waals surface area contributed by atoms with E-state index >= 15 is 0 Å². The molecule has 158 valence electrons. The molecule has 0 unspecified atom stereocenters. The molecule has 3 atom stereocenters. The highest BCUT2D eigenvalue weighted by Crippen LogP contribution is 2.39. The third-order valence-corrected chi connectivity index (χ3v) is 6.07. The molecule has 7 heteroatoms. The average Bonchev–Trinajstić information content (AvgIpc) is 2.86. The second kappa shape index (κ2) is 8.14. The summed E-state index contributed by atoms with van der Waals surface area (Å²) < 4.78 is 5.77. The Kier molecular flexibility index (Phi) is 5.98. The molecule has 2 fully saturated rings. The van der Waals surface area contributed by atoms with Crippen molar-refractivity contribution in [2.75, 3.05) is 29.9 Å². The van der Waals surface area contributed by atoms with E-state index in [9.17, 15) is 14.4 Å². The molecule has 2 aliphatic rings. The van der Waals surface area contributed by atoms with E-state index in [0.29, 0.717) is 5.69 Å². The first-order valence-corrected chi connectivity index (χ1v) is 10.2. The molecular formula is C22H31N3O4. The standard InChI is InChI=1S/C22H31N3O4/c1-14(2)22(5)10-20(27)25(21(22)28)13-19(26)23-17-6-8-18(9-7-17)24-11-15(3)29-16(4)12-24/h6-9,14-16H,10-13H2,1-5H3,(H,23,26)/t15-,16-,22+/m1/s1.